The molecule has 0 saturated carbocycles. The van der Waals surface area contributed by atoms with Gasteiger partial charge in [-0.15, -0.1) is 0 Å². The van der Waals surface area contributed by atoms with E-state index in [4.69, 9.17) is 5.73 Å². The Morgan fingerprint density at radius 2 is 0.710 bits per heavy atom. The molecule has 0 aromatic heterocycles. The number of allylic oxidation sites excluding steroid dienone is 2. The molecule has 1 unspecified atom stereocenters. The van der Waals surface area contributed by atoms with E-state index in [-0.39, 0.29) is 0 Å². The molecular weight excluding hydrogens is 374 g/mol. The first kappa shape index (κ1) is 30.7. The fraction of sp³-hybridized carbons (Fsp3) is 0.933. The van der Waals surface area contributed by atoms with Crippen LogP contribution in [-0.4, -0.2) is 6.04 Å². The zero-order valence-corrected chi connectivity index (χ0v) is 22.0. The minimum atomic E-state index is 0.464. The molecule has 0 heterocycles. The third-order valence-corrected chi connectivity index (χ3v) is 6.77. The largest absolute Gasteiger partial charge is 0.328 e. The molecular formula is C30H61N. The van der Waals surface area contributed by atoms with Crippen molar-refractivity contribution in [1.29, 1.82) is 0 Å². The van der Waals surface area contributed by atoms with Crippen LogP contribution in [0.15, 0.2) is 12.2 Å². The molecule has 0 radical (unpaired) electrons. The van der Waals surface area contributed by atoms with Crippen molar-refractivity contribution in [2.45, 2.75) is 180 Å². The quantitative estimate of drug-likeness (QED) is 0.106. The molecule has 0 aromatic carbocycles. The summed E-state index contributed by atoms with van der Waals surface area (Å²) in [7, 11) is 0. The van der Waals surface area contributed by atoms with Crippen LogP contribution in [0.25, 0.3) is 0 Å². The van der Waals surface area contributed by atoms with Gasteiger partial charge in [0.15, 0.2) is 0 Å². The van der Waals surface area contributed by atoms with Gasteiger partial charge in [0.1, 0.15) is 0 Å². The Bertz CT molecular complexity index is 335. The highest BCUT2D eigenvalue weighted by atomic mass is 14.6. The second kappa shape index (κ2) is 27.7. The number of nitrogens with two attached hydrogens (primary N) is 1. The van der Waals surface area contributed by atoms with Crippen LogP contribution in [0.2, 0.25) is 0 Å². The zero-order chi connectivity index (χ0) is 22.7. The van der Waals surface area contributed by atoms with E-state index in [9.17, 15) is 0 Å². The summed E-state index contributed by atoms with van der Waals surface area (Å²) in [4.78, 5) is 0. The van der Waals surface area contributed by atoms with E-state index < -0.39 is 0 Å². The summed E-state index contributed by atoms with van der Waals surface area (Å²) in [5, 5.41) is 0. The van der Waals surface area contributed by atoms with Crippen molar-refractivity contribution in [2.24, 2.45) is 5.73 Å². The standard InChI is InChI=1S/C30H61N/c1-3-5-7-9-11-12-13-14-15-16-17-18-19-20-21-23-25-27-29-30(31)28-26-24-22-10-8-6-4-2/h13-14,30H,3-12,15-29,31H2,1-2H3. The lowest BCUT2D eigenvalue weighted by molar-refractivity contribution is 0.480. The van der Waals surface area contributed by atoms with Crippen molar-refractivity contribution in [3.8, 4) is 0 Å². The first-order chi connectivity index (χ1) is 15.3. The molecule has 0 aliphatic carbocycles. The molecule has 1 heteroatoms. The first-order valence-corrected chi connectivity index (χ1v) is 14.7. The summed E-state index contributed by atoms with van der Waals surface area (Å²) < 4.78 is 0. The smallest absolute Gasteiger partial charge is 0.00388 e. The molecule has 0 aliphatic rings. The average molecular weight is 436 g/mol. The van der Waals surface area contributed by atoms with Gasteiger partial charge in [-0.3, -0.25) is 0 Å². The van der Waals surface area contributed by atoms with Crippen LogP contribution in [0, 0.1) is 0 Å². The molecule has 186 valence electrons. The highest BCUT2D eigenvalue weighted by molar-refractivity contribution is 4.81. The van der Waals surface area contributed by atoms with Gasteiger partial charge >= 0.3 is 0 Å². The van der Waals surface area contributed by atoms with Gasteiger partial charge in [-0.1, -0.05) is 148 Å². The fourth-order valence-corrected chi connectivity index (χ4v) is 4.52. The van der Waals surface area contributed by atoms with Crippen LogP contribution in [0.3, 0.4) is 0 Å². The van der Waals surface area contributed by atoms with Crippen LogP contribution < -0.4 is 5.73 Å². The highest BCUT2D eigenvalue weighted by Crippen LogP contribution is 2.15. The van der Waals surface area contributed by atoms with Gasteiger partial charge in [0.05, 0.1) is 0 Å². The molecule has 0 aromatic rings. The highest BCUT2D eigenvalue weighted by Gasteiger charge is 2.02. The first-order valence-electron chi connectivity index (χ1n) is 14.7. The van der Waals surface area contributed by atoms with Gasteiger partial charge in [0, 0.05) is 6.04 Å². The van der Waals surface area contributed by atoms with E-state index in [2.05, 4.69) is 26.0 Å². The number of rotatable bonds is 26. The lowest BCUT2D eigenvalue weighted by Crippen LogP contribution is -2.19. The minimum Gasteiger partial charge on any atom is -0.328 e. The SMILES string of the molecule is CCCCCCCC=CCCCCCCCCCCCC(N)CCCCCCCCC. The summed E-state index contributed by atoms with van der Waals surface area (Å²) in [5.41, 5.74) is 6.30. The van der Waals surface area contributed by atoms with E-state index in [1.54, 1.807) is 0 Å². The van der Waals surface area contributed by atoms with Crippen molar-refractivity contribution in [1.82, 2.24) is 0 Å². The van der Waals surface area contributed by atoms with E-state index >= 15 is 0 Å². The molecule has 2 N–H and O–H groups in total. The van der Waals surface area contributed by atoms with Crippen molar-refractivity contribution in [3.63, 3.8) is 0 Å². The van der Waals surface area contributed by atoms with Crippen LogP contribution in [0.1, 0.15) is 174 Å². The van der Waals surface area contributed by atoms with E-state index in [0.717, 1.165) is 0 Å². The van der Waals surface area contributed by atoms with Crippen LogP contribution >= 0.6 is 0 Å². The Morgan fingerprint density at radius 1 is 0.419 bits per heavy atom. The third-order valence-electron chi connectivity index (χ3n) is 6.77. The summed E-state index contributed by atoms with van der Waals surface area (Å²) in [6, 6.07) is 0.464. The maximum atomic E-state index is 6.30. The lowest BCUT2D eigenvalue weighted by atomic mass is 10.0. The molecule has 0 aliphatic heterocycles. The molecule has 0 amide bonds. The predicted molar refractivity (Wildman–Crippen MR) is 144 cm³/mol. The molecule has 0 fully saturated rings. The van der Waals surface area contributed by atoms with Crippen molar-refractivity contribution >= 4 is 0 Å². The Labute approximate surface area is 198 Å². The molecule has 1 atom stereocenters. The van der Waals surface area contributed by atoms with Crippen LogP contribution in [0.4, 0.5) is 0 Å². The van der Waals surface area contributed by atoms with Gasteiger partial charge in [-0.25, -0.2) is 0 Å². The van der Waals surface area contributed by atoms with E-state index in [0.29, 0.717) is 6.04 Å². The van der Waals surface area contributed by atoms with E-state index in [1.165, 1.54) is 161 Å². The lowest BCUT2D eigenvalue weighted by Gasteiger charge is -2.11. The molecule has 1 nitrogen and oxygen atoms in total. The van der Waals surface area contributed by atoms with Crippen molar-refractivity contribution < 1.29 is 0 Å². The molecule has 0 bridgehead atoms. The summed E-state index contributed by atoms with van der Waals surface area (Å²) in [6.07, 6.45) is 39.5. The molecule has 31 heavy (non-hydrogen) atoms. The Hall–Kier alpha value is -0.300. The minimum absolute atomic E-state index is 0.464. The average Bonchev–Trinajstić information content (AvgIpc) is 2.77. The van der Waals surface area contributed by atoms with Gasteiger partial charge < -0.3 is 5.73 Å². The van der Waals surface area contributed by atoms with Crippen LogP contribution in [0.5, 0.6) is 0 Å². The predicted octanol–water partition coefficient (Wildman–Crippen LogP) is 10.7. The third kappa shape index (κ3) is 27.7. The number of unbranched alkanes of at least 4 members (excludes halogenated alkanes) is 20. The van der Waals surface area contributed by atoms with Crippen molar-refractivity contribution in [2.75, 3.05) is 0 Å². The second-order valence-electron chi connectivity index (χ2n) is 10.1. The molecule has 0 spiro atoms. The number of hydrogen-bond donors (Lipinski definition) is 1. The monoisotopic (exact) mass is 435 g/mol. The number of hydrogen-bond acceptors (Lipinski definition) is 1. The van der Waals surface area contributed by atoms with Gasteiger partial charge in [0.2, 0.25) is 0 Å². The van der Waals surface area contributed by atoms with Crippen LogP contribution in [-0.2, 0) is 0 Å². The summed E-state index contributed by atoms with van der Waals surface area (Å²) in [6.45, 7) is 4.58. The maximum absolute atomic E-state index is 6.30. The zero-order valence-electron chi connectivity index (χ0n) is 22.0. The van der Waals surface area contributed by atoms with Gasteiger partial charge in [-0.2, -0.15) is 0 Å². The maximum Gasteiger partial charge on any atom is 0.00388 e. The molecule has 0 saturated heterocycles. The van der Waals surface area contributed by atoms with Gasteiger partial charge in [0.25, 0.3) is 0 Å². The topological polar surface area (TPSA) is 26.0 Å². The molecule has 0 rings (SSSR count). The van der Waals surface area contributed by atoms with Crippen molar-refractivity contribution in [3.05, 3.63) is 12.2 Å². The Balaban J connectivity index is 3.16. The fourth-order valence-electron chi connectivity index (χ4n) is 4.52. The Kier molecular flexibility index (Phi) is 27.5. The van der Waals surface area contributed by atoms with E-state index in [1.807, 2.05) is 0 Å². The summed E-state index contributed by atoms with van der Waals surface area (Å²) in [5.74, 6) is 0. The normalized spacial score (nSPS) is 12.7. The Morgan fingerprint density at radius 3 is 1.06 bits per heavy atom. The second-order valence-corrected chi connectivity index (χ2v) is 10.1. The van der Waals surface area contributed by atoms with Gasteiger partial charge in [-0.05, 0) is 38.5 Å². The summed E-state index contributed by atoms with van der Waals surface area (Å²) >= 11 is 0.